The number of aryl methyl sites for hydroxylation is 1. The highest BCUT2D eigenvalue weighted by molar-refractivity contribution is 7.00. The van der Waals surface area contributed by atoms with E-state index in [2.05, 4.69) is 215 Å². The van der Waals surface area contributed by atoms with Gasteiger partial charge in [-0.2, -0.15) is 0 Å². The van der Waals surface area contributed by atoms with Crippen LogP contribution < -0.4 is 26.2 Å². The number of fused-ring (bicyclic) bond motifs is 7. The van der Waals surface area contributed by atoms with Gasteiger partial charge in [0.15, 0.2) is 0 Å². The summed E-state index contributed by atoms with van der Waals surface area (Å²) in [5.41, 5.74) is 27.4. The maximum Gasteiger partial charge on any atom is 0.252 e. The molecule has 0 fully saturated rings. The molecule has 0 radical (unpaired) electrons. The average Bonchev–Trinajstić information content (AvgIpc) is 3.49. The van der Waals surface area contributed by atoms with Gasteiger partial charge < -0.3 is 9.80 Å². The first-order chi connectivity index (χ1) is 29.8. The van der Waals surface area contributed by atoms with Gasteiger partial charge in [-0.3, -0.25) is 0 Å². The third-order valence-corrected chi connectivity index (χ3v) is 17.7. The fraction of sp³-hybridized carbons (Fsp3) is 0.516. The van der Waals surface area contributed by atoms with Crippen LogP contribution in [0.2, 0.25) is 0 Å². The number of rotatable bonds is 2. The van der Waals surface area contributed by atoms with Crippen LogP contribution in [0.1, 0.15) is 206 Å². The predicted molar refractivity (Wildman–Crippen MR) is 284 cm³/mol. The number of hydrogen-bond acceptors (Lipinski definition) is 2. The molecule has 3 aliphatic carbocycles. The summed E-state index contributed by atoms with van der Waals surface area (Å²) in [7, 11) is 0. The van der Waals surface area contributed by atoms with Gasteiger partial charge in [0.25, 0.3) is 6.71 Å². The number of anilines is 6. The van der Waals surface area contributed by atoms with Crippen molar-refractivity contribution >= 4 is 57.2 Å². The second-order valence-corrected chi connectivity index (χ2v) is 27.7. The van der Waals surface area contributed by atoms with E-state index in [1.165, 1.54) is 113 Å². The molecule has 340 valence electrons. The van der Waals surface area contributed by atoms with Crippen molar-refractivity contribution in [3.63, 3.8) is 0 Å². The summed E-state index contributed by atoms with van der Waals surface area (Å²) in [4.78, 5) is 5.49. The molecule has 65 heavy (non-hydrogen) atoms. The van der Waals surface area contributed by atoms with Gasteiger partial charge in [-0.05, 0) is 191 Å². The van der Waals surface area contributed by atoms with Gasteiger partial charge in [-0.25, -0.2) is 0 Å². The van der Waals surface area contributed by atoms with Crippen molar-refractivity contribution < 1.29 is 0 Å². The van der Waals surface area contributed by atoms with Crippen LogP contribution in [0.5, 0.6) is 0 Å². The van der Waals surface area contributed by atoms with Crippen LogP contribution >= 0.6 is 0 Å². The lowest BCUT2D eigenvalue weighted by Crippen LogP contribution is -2.62. The molecule has 0 N–H and O–H groups in total. The highest BCUT2D eigenvalue weighted by Gasteiger charge is 2.50. The molecule has 3 heteroatoms. The quantitative estimate of drug-likeness (QED) is 0.160. The molecule has 5 aromatic rings. The second kappa shape index (κ2) is 13.3. The summed E-state index contributed by atoms with van der Waals surface area (Å²) in [5, 5.41) is 0. The van der Waals surface area contributed by atoms with Gasteiger partial charge in [-0.1, -0.05) is 155 Å². The van der Waals surface area contributed by atoms with E-state index < -0.39 is 0 Å². The molecule has 0 unspecified atom stereocenters. The van der Waals surface area contributed by atoms with Crippen molar-refractivity contribution in [2.45, 2.75) is 207 Å². The van der Waals surface area contributed by atoms with Crippen LogP contribution in [-0.4, -0.2) is 6.71 Å². The first-order valence-electron chi connectivity index (χ1n) is 25.2. The molecule has 2 heterocycles. The molecular weight excluding hydrogens is 784 g/mol. The number of benzene rings is 5. The SMILES string of the molecule is Cc1cc2c(cc1N1c3ccc(C(C)(C)C)cc3B3c4cc5c(cc4N(c4ccc6c(c4C)C(C)(C)CC6(C)C)c4cc(C(C)(C)C)cc1c43)C(C)(C)CC5(C)C)C(C)(C)CCC2(C)C. The van der Waals surface area contributed by atoms with Crippen molar-refractivity contribution in [1.82, 2.24) is 0 Å². The first kappa shape index (κ1) is 44.6. The lowest BCUT2D eigenvalue weighted by Gasteiger charge is -2.47. The molecular formula is C62H79BN2. The summed E-state index contributed by atoms with van der Waals surface area (Å²) in [6.07, 6.45) is 4.69. The molecule has 0 saturated heterocycles. The second-order valence-electron chi connectivity index (χ2n) is 27.7. The molecule has 0 spiro atoms. The zero-order chi connectivity index (χ0) is 47.3. The Balaban J connectivity index is 1.37. The first-order valence-corrected chi connectivity index (χ1v) is 25.2. The molecule has 2 nitrogen and oxygen atoms in total. The molecule has 0 saturated carbocycles. The smallest absolute Gasteiger partial charge is 0.252 e. The Hall–Kier alpha value is -4.24. The Bertz CT molecular complexity index is 2880. The topological polar surface area (TPSA) is 6.48 Å². The van der Waals surface area contributed by atoms with Crippen LogP contribution in [0.3, 0.4) is 0 Å². The van der Waals surface area contributed by atoms with Gasteiger partial charge in [0, 0.05) is 34.1 Å². The van der Waals surface area contributed by atoms with Crippen molar-refractivity contribution in [2.75, 3.05) is 9.80 Å². The number of nitrogens with zero attached hydrogens (tertiary/aromatic N) is 2. The van der Waals surface area contributed by atoms with E-state index in [9.17, 15) is 0 Å². The Kier molecular flexibility index (Phi) is 9.10. The molecule has 0 aromatic heterocycles. The molecule has 5 aromatic carbocycles. The minimum atomic E-state index is -0.0884. The van der Waals surface area contributed by atoms with Gasteiger partial charge >= 0.3 is 0 Å². The van der Waals surface area contributed by atoms with Crippen molar-refractivity contribution in [2.24, 2.45) is 0 Å². The Morgan fingerprint density at radius 3 is 1.46 bits per heavy atom. The van der Waals surface area contributed by atoms with E-state index in [-0.39, 0.29) is 50.0 Å². The van der Waals surface area contributed by atoms with Crippen LogP contribution in [0.25, 0.3) is 0 Å². The zero-order valence-corrected chi connectivity index (χ0v) is 44.2. The van der Waals surface area contributed by atoms with Gasteiger partial charge in [0.05, 0.1) is 0 Å². The van der Waals surface area contributed by atoms with Gasteiger partial charge in [0.2, 0.25) is 0 Å². The van der Waals surface area contributed by atoms with E-state index in [0.29, 0.717) is 0 Å². The average molecular weight is 863 g/mol. The molecule has 2 aliphatic heterocycles. The molecule has 0 bridgehead atoms. The fourth-order valence-corrected chi connectivity index (χ4v) is 14.5. The van der Waals surface area contributed by atoms with E-state index in [1.807, 2.05) is 0 Å². The standard InChI is InChI=1S/C62H79BN2/c1-36-27-41-43(58(11,12)26-25-57(41,9)10)32-49(36)65-48-23-21-38(55(3,4)5)28-45(48)63-46-31-42-44(61(17,18)34-60(42,15)16)33-50(46)64(51-29-39(56(6,7)8)30-52(65)54(51)63)47-24-22-40-53(37(47)2)62(19,20)35-59(40,13)14/h21-24,27-33H,25-26,34-35H2,1-20H3. The minimum Gasteiger partial charge on any atom is -0.311 e. The minimum absolute atomic E-state index is 0.00794. The van der Waals surface area contributed by atoms with E-state index >= 15 is 0 Å². The number of hydrogen-bond donors (Lipinski definition) is 0. The monoisotopic (exact) mass is 863 g/mol. The Labute approximate surface area is 395 Å². The summed E-state index contributed by atoms with van der Waals surface area (Å²) in [5.74, 6) is 0. The fourth-order valence-electron chi connectivity index (χ4n) is 14.5. The van der Waals surface area contributed by atoms with E-state index in [4.69, 9.17) is 0 Å². The van der Waals surface area contributed by atoms with Gasteiger partial charge in [-0.15, -0.1) is 0 Å². The maximum atomic E-state index is 2.76. The summed E-state index contributed by atoms with van der Waals surface area (Å²) < 4.78 is 0. The Morgan fingerprint density at radius 2 is 0.877 bits per heavy atom. The van der Waals surface area contributed by atoms with Gasteiger partial charge in [0.1, 0.15) is 0 Å². The van der Waals surface area contributed by atoms with Crippen molar-refractivity contribution in [1.29, 1.82) is 0 Å². The molecule has 10 rings (SSSR count). The van der Waals surface area contributed by atoms with Crippen molar-refractivity contribution in [3.8, 4) is 0 Å². The van der Waals surface area contributed by atoms with E-state index in [0.717, 1.165) is 12.8 Å². The lowest BCUT2D eigenvalue weighted by molar-refractivity contribution is 0.332. The molecule has 0 atom stereocenters. The zero-order valence-electron chi connectivity index (χ0n) is 44.2. The largest absolute Gasteiger partial charge is 0.311 e. The third kappa shape index (κ3) is 6.38. The van der Waals surface area contributed by atoms with Crippen molar-refractivity contribution in [3.05, 3.63) is 122 Å². The van der Waals surface area contributed by atoms with Crippen LogP contribution in [0.15, 0.2) is 66.7 Å². The highest BCUT2D eigenvalue weighted by atomic mass is 15.2. The van der Waals surface area contributed by atoms with Crippen LogP contribution in [0, 0.1) is 13.8 Å². The molecule has 0 amide bonds. The van der Waals surface area contributed by atoms with E-state index in [1.54, 1.807) is 5.56 Å². The van der Waals surface area contributed by atoms with Crippen LogP contribution in [0.4, 0.5) is 34.1 Å². The summed E-state index contributed by atoms with van der Waals surface area (Å²) >= 11 is 0. The summed E-state index contributed by atoms with van der Waals surface area (Å²) in [6.45, 7) is 49.0. The Morgan fingerprint density at radius 1 is 0.415 bits per heavy atom. The highest BCUT2D eigenvalue weighted by Crippen LogP contribution is 2.57. The molecule has 5 aliphatic rings. The maximum absolute atomic E-state index is 2.76. The normalized spacial score (nSPS) is 21.0. The third-order valence-electron chi connectivity index (χ3n) is 17.7. The van der Waals surface area contributed by atoms with Crippen LogP contribution in [-0.2, 0) is 43.3 Å². The predicted octanol–water partition coefficient (Wildman–Crippen LogP) is 15.2. The lowest BCUT2D eigenvalue weighted by atomic mass is 9.33. The summed E-state index contributed by atoms with van der Waals surface area (Å²) in [6, 6.07) is 28.4.